The summed E-state index contributed by atoms with van der Waals surface area (Å²) in [7, 11) is 2.00. The van der Waals surface area contributed by atoms with E-state index in [1.54, 1.807) is 0 Å². The van der Waals surface area contributed by atoms with E-state index in [9.17, 15) is 0 Å². The first-order valence-corrected chi connectivity index (χ1v) is 7.25. The number of rotatable bonds is 4. The molecular weight excluding hydrogens is 282 g/mol. The minimum Gasteiger partial charge on any atom is -0.365 e. The average Bonchev–Trinajstić information content (AvgIpc) is 2.95. The van der Waals surface area contributed by atoms with Gasteiger partial charge in [0.05, 0.1) is 6.61 Å². The van der Waals surface area contributed by atoms with Gasteiger partial charge in [-0.3, -0.25) is 0 Å². The molecule has 1 unspecified atom stereocenters. The van der Waals surface area contributed by atoms with Crippen LogP contribution in [0, 0.1) is 5.92 Å². The molecule has 2 nitrogen and oxygen atoms in total. The first kappa shape index (κ1) is 16.0. The third-order valence-corrected chi connectivity index (χ3v) is 4.11. The summed E-state index contributed by atoms with van der Waals surface area (Å²) in [6.07, 6.45) is 1.03. The fraction of sp³-hybridized carbons (Fsp3) is 0.333. The molecule has 0 aliphatic carbocycles. The molecule has 112 valence electrons. The lowest BCUT2D eigenvalue weighted by Gasteiger charge is -2.30. The summed E-state index contributed by atoms with van der Waals surface area (Å²) >= 11 is 0. The SMILES string of the molecule is CNCC1COC(c2ccccc2)(c2ccccc2)C1.Cl. The molecule has 1 heterocycles. The molecule has 1 N–H and O–H groups in total. The van der Waals surface area contributed by atoms with Crippen LogP contribution in [0.1, 0.15) is 17.5 Å². The predicted molar refractivity (Wildman–Crippen MR) is 88.9 cm³/mol. The van der Waals surface area contributed by atoms with E-state index in [0.717, 1.165) is 19.6 Å². The van der Waals surface area contributed by atoms with Gasteiger partial charge in [-0.1, -0.05) is 60.7 Å². The van der Waals surface area contributed by atoms with E-state index >= 15 is 0 Å². The summed E-state index contributed by atoms with van der Waals surface area (Å²) in [5.74, 6) is 0.556. The van der Waals surface area contributed by atoms with Crippen molar-refractivity contribution in [3.63, 3.8) is 0 Å². The zero-order chi connectivity index (χ0) is 13.8. The van der Waals surface area contributed by atoms with E-state index in [-0.39, 0.29) is 18.0 Å². The van der Waals surface area contributed by atoms with E-state index in [0.29, 0.717) is 5.92 Å². The minimum absolute atomic E-state index is 0. The van der Waals surface area contributed by atoms with Crippen LogP contribution in [0.25, 0.3) is 0 Å². The summed E-state index contributed by atoms with van der Waals surface area (Å²) in [5.41, 5.74) is 2.22. The van der Waals surface area contributed by atoms with Crippen LogP contribution in [0.2, 0.25) is 0 Å². The fourth-order valence-electron chi connectivity index (χ4n) is 3.19. The summed E-state index contributed by atoms with van der Waals surface area (Å²) in [5, 5.41) is 3.27. The van der Waals surface area contributed by atoms with Gasteiger partial charge in [-0.2, -0.15) is 0 Å². The highest BCUT2D eigenvalue weighted by Crippen LogP contribution is 2.44. The number of nitrogens with one attached hydrogen (secondary N) is 1. The predicted octanol–water partition coefficient (Wildman–Crippen LogP) is 3.61. The molecule has 3 heteroatoms. The molecule has 3 rings (SSSR count). The number of halogens is 1. The topological polar surface area (TPSA) is 21.3 Å². The number of hydrogen-bond donors (Lipinski definition) is 1. The summed E-state index contributed by atoms with van der Waals surface area (Å²) in [6, 6.07) is 21.2. The van der Waals surface area contributed by atoms with Gasteiger partial charge in [0.2, 0.25) is 0 Å². The summed E-state index contributed by atoms with van der Waals surface area (Å²) in [4.78, 5) is 0. The Morgan fingerprint density at radius 1 is 1.00 bits per heavy atom. The Kier molecular flexibility index (Phi) is 5.40. The van der Waals surface area contributed by atoms with Crippen LogP contribution in [0.15, 0.2) is 60.7 Å². The van der Waals surface area contributed by atoms with Crippen molar-refractivity contribution < 1.29 is 4.74 Å². The van der Waals surface area contributed by atoms with E-state index in [2.05, 4.69) is 66.0 Å². The van der Waals surface area contributed by atoms with E-state index in [1.165, 1.54) is 11.1 Å². The van der Waals surface area contributed by atoms with Crippen LogP contribution in [0.3, 0.4) is 0 Å². The molecule has 0 spiro atoms. The van der Waals surface area contributed by atoms with Gasteiger partial charge in [0.15, 0.2) is 0 Å². The Morgan fingerprint density at radius 3 is 2.00 bits per heavy atom. The first-order valence-electron chi connectivity index (χ1n) is 7.25. The molecule has 1 aliphatic heterocycles. The molecule has 0 bridgehead atoms. The van der Waals surface area contributed by atoms with Gasteiger partial charge in [0.25, 0.3) is 0 Å². The molecule has 0 amide bonds. The molecule has 2 aromatic rings. The van der Waals surface area contributed by atoms with Crippen LogP contribution >= 0.6 is 12.4 Å². The molecule has 1 atom stereocenters. The van der Waals surface area contributed by atoms with E-state index < -0.39 is 0 Å². The average molecular weight is 304 g/mol. The molecule has 1 saturated heterocycles. The second-order valence-electron chi connectivity index (χ2n) is 5.50. The molecule has 21 heavy (non-hydrogen) atoms. The number of hydrogen-bond acceptors (Lipinski definition) is 2. The van der Waals surface area contributed by atoms with Gasteiger partial charge in [0, 0.05) is 0 Å². The quantitative estimate of drug-likeness (QED) is 0.931. The number of ether oxygens (including phenoxy) is 1. The lowest BCUT2D eigenvalue weighted by Crippen LogP contribution is -2.27. The van der Waals surface area contributed by atoms with Gasteiger partial charge in [-0.15, -0.1) is 12.4 Å². The maximum atomic E-state index is 6.34. The van der Waals surface area contributed by atoms with Gasteiger partial charge in [-0.25, -0.2) is 0 Å². The van der Waals surface area contributed by atoms with Gasteiger partial charge < -0.3 is 10.1 Å². The van der Waals surface area contributed by atoms with Crippen molar-refractivity contribution in [1.29, 1.82) is 0 Å². The molecule has 2 aromatic carbocycles. The lowest BCUT2D eigenvalue weighted by atomic mass is 9.81. The zero-order valence-electron chi connectivity index (χ0n) is 12.3. The van der Waals surface area contributed by atoms with Crippen molar-refractivity contribution in [3.8, 4) is 0 Å². The van der Waals surface area contributed by atoms with Crippen molar-refractivity contribution >= 4 is 12.4 Å². The van der Waals surface area contributed by atoms with Crippen LogP contribution in [-0.4, -0.2) is 20.2 Å². The highest BCUT2D eigenvalue weighted by molar-refractivity contribution is 5.85. The normalized spacial score (nSPS) is 20.0. The second kappa shape index (κ2) is 7.08. The lowest BCUT2D eigenvalue weighted by molar-refractivity contribution is 0.0343. The van der Waals surface area contributed by atoms with Crippen molar-refractivity contribution in [3.05, 3.63) is 71.8 Å². The standard InChI is InChI=1S/C18H21NO.ClH/c1-19-13-15-12-18(20-14-15,16-8-4-2-5-9-16)17-10-6-3-7-11-17;/h2-11,15,19H,12-14H2,1H3;1H. The Morgan fingerprint density at radius 2 is 1.52 bits per heavy atom. The molecule has 1 aliphatic rings. The maximum absolute atomic E-state index is 6.34. The van der Waals surface area contributed by atoms with Crippen LogP contribution < -0.4 is 5.32 Å². The summed E-state index contributed by atoms with van der Waals surface area (Å²) < 4.78 is 6.34. The fourth-order valence-corrected chi connectivity index (χ4v) is 3.19. The van der Waals surface area contributed by atoms with Gasteiger partial charge >= 0.3 is 0 Å². The highest BCUT2D eigenvalue weighted by Gasteiger charge is 2.42. The van der Waals surface area contributed by atoms with E-state index in [4.69, 9.17) is 4.74 Å². The van der Waals surface area contributed by atoms with Crippen molar-refractivity contribution in [2.24, 2.45) is 5.92 Å². The molecule has 0 radical (unpaired) electrons. The Bertz CT molecular complexity index is 504. The Balaban J connectivity index is 0.00000161. The molecular formula is C18H22ClNO. The van der Waals surface area contributed by atoms with E-state index in [1.807, 2.05) is 7.05 Å². The first-order chi connectivity index (χ1) is 9.85. The van der Waals surface area contributed by atoms with Crippen molar-refractivity contribution in [1.82, 2.24) is 5.32 Å². The molecule has 0 saturated carbocycles. The van der Waals surface area contributed by atoms with Gasteiger partial charge in [-0.05, 0) is 37.1 Å². The molecule has 0 aromatic heterocycles. The Labute approximate surface area is 132 Å². The van der Waals surface area contributed by atoms with Crippen molar-refractivity contribution in [2.75, 3.05) is 20.2 Å². The third kappa shape index (κ3) is 3.13. The maximum Gasteiger partial charge on any atom is 0.118 e. The van der Waals surface area contributed by atoms with Crippen LogP contribution in [-0.2, 0) is 10.3 Å². The monoisotopic (exact) mass is 303 g/mol. The van der Waals surface area contributed by atoms with Crippen LogP contribution in [0.4, 0.5) is 0 Å². The Hall–Kier alpha value is -1.35. The third-order valence-electron chi connectivity index (χ3n) is 4.11. The minimum atomic E-state index is -0.288. The van der Waals surface area contributed by atoms with Gasteiger partial charge in [0.1, 0.15) is 5.60 Å². The van der Waals surface area contributed by atoms with Crippen molar-refractivity contribution in [2.45, 2.75) is 12.0 Å². The highest BCUT2D eigenvalue weighted by atomic mass is 35.5. The summed E-state index contributed by atoms with van der Waals surface area (Å²) in [6.45, 7) is 1.81. The largest absolute Gasteiger partial charge is 0.365 e. The molecule has 1 fully saturated rings. The smallest absolute Gasteiger partial charge is 0.118 e. The van der Waals surface area contributed by atoms with Crippen LogP contribution in [0.5, 0.6) is 0 Å². The number of benzene rings is 2. The second-order valence-corrected chi connectivity index (χ2v) is 5.50. The zero-order valence-corrected chi connectivity index (χ0v) is 13.1.